The molecule has 0 aliphatic heterocycles. The summed E-state index contributed by atoms with van der Waals surface area (Å²) in [5.74, 6) is 2.16. The van der Waals surface area contributed by atoms with Crippen LogP contribution in [0.4, 0.5) is 0 Å². The number of hydrogen-bond donors (Lipinski definition) is 0. The molecule has 0 radical (unpaired) electrons. The first kappa shape index (κ1) is 23.3. The third kappa shape index (κ3) is 6.35. The topological polar surface area (TPSA) is 9.23 Å². The molecule has 2 atom stereocenters. The largest absolute Gasteiger partial charge is 0.378 e. The average Bonchev–Trinajstić information content (AvgIpc) is 2.85. The molecule has 0 amide bonds. The van der Waals surface area contributed by atoms with E-state index in [1.165, 1.54) is 86.5 Å². The van der Waals surface area contributed by atoms with E-state index in [2.05, 4.69) is 74.5 Å². The Morgan fingerprint density at radius 1 is 0.688 bits per heavy atom. The normalized spacial score (nSPS) is 25.7. The molecule has 32 heavy (non-hydrogen) atoms. The predicted octanol–water partition coefficient (Wildman–Crippen LogP) is 8.73. The van der Waals surface area contributed by atoms with Crippen molar-refractivity contribution >= 4 is 0 Å². The van der Waals surface area contributed by atoms with Gasteiger partial charge in [-0.15, -0.1) is 0 Å². The van der Waals surface area contributed by atoms with Gasteiger partial charge >= 0.3 is 0 Å². The van der Waals surface area contributed by atoms with Gasteiger partial charge in [-0.3, -0.25) is 0 Å². The molecule has 2 aromatic carbocycles. The van der Waals surface area contributed by atoms with Crippen molar-refractivity contribution in [3.05, 3.63) is 71.8 Å². The first-order valence-electron chi connectivity index (χ1n) is 13.2. The molecule has 1 nitrogen and oxygen atoms in total. The molecular formula is C31H42O. The van der Waals surface area contributed by atoms with Gasteiger partial charge in [0, 0.05) is 5.92 Å². The van der Waals surface area contributed by atoms with Gasteiger partial charge in [0.2, 0.25) is 0 Å². The molecule has 1 fully saturated rings. The molecule has 0 saturated heterocycles. The van der Waals surface area contributed by atoms with Crippen molar-refractivity contribution in [3.8, 4) is 11.1 Å². The minimum atomic E-state index is 0.467. The van der Waals surface area contributed by atoms with Gasteiger partial charge in [-0.1, -0.05) is 87.4 Å². The minimum absolute atomic E-state index is 0.467. The summed E-state index contributed by atoms with van der Waals surface area (Å²) in [5.41, 5.74) is 5.60. The van der Waals surface area contributed by atoms with Crippen LogP contribution in [0.2, 0.25) is 0 Å². The predicted molar refractivity (Wildman–Crippen MR) is 137 cm³/mol. The van der Waals surface area contributed by atoms with E-state index in [1.807, 2.05) is 0 Å². The van der Waals surface area contributed by atoms with E-state index < -0.39 is 0 Å². The van der Waals surface area contributed by atoms with Gasteiger partial charge in [0.05, 0.1) is 12.7 Å². The summed E-state index contributed by atoms with van der Waals surface area (Å²) in [6, 6.07) is 18.5. The lowest BCUT2D eigenvalue weighted by Crippen LogP contribution is -2.24. The second-order valence-electron chi connectivity index (χ2n) is 10.1. The van der Waals surface area contributed by atoms with Crippen molar-refractivity contribution in [2.24, 2.45) is 11.8 Å². The highest BCUT2D eigenvalue weighted by Crippen LogP contribution is 2.35. The molecule has 2 unspecified atom stereocenters. The third-order valence-corrected chi connectivity index (χ3v) is 7.65. The zero-order valence-electron chi connectivity index (χ0n) is 20.3. The van der Waals surface area contributed by atoms with Gasteiger partial charge in [0.1, 0.15) is 0 Å². The lowest BCUT2D eigenvalue weighted by Gasteiger charge is -2.30. The summed E-state index contributed by atoms with van der Waals surface area (Å²) >= 11 is 0. The zero-order chi connectivity index (χ0) is 22.2. The van der Waals surface area contributed by atoms with Crippen LogP contribution in [0.25, 0.3) is 11.1 Å². The fraction of sp³-hybridized carbons (Fsp3) is 0.548. The van der Waals surface area contributed by atoms with Crippen LogP contribution >= 0.6 is 0 Å². The molecule has 172 valence electrons. The number of benzene rings is 2. The van der Waals surface area contributed by atoms with Crippen molar-refractivity contribution in [2.45, 2.75) is 90.1 Å². The van der Waals surface area contributed by atoms with Gasteiger partial charge in [-0.25, -0.2) is 0 Å². The average molecular weight is 431 g/mol. The molecule has 0 bridgehead atoms. The summed E-state index contributed by atoms with van der Waals surface area (Å²) in [4.78, 5) is 0. The number of allylic oxidation sites excluding steroid dienone is 1. The van der Waals surface area contributed by atoms with Crippen molar-refractivity contribution in [1.29, 1.82) is 0 Å². The number of aryl methyl sites for hydroxylation is 1. The Labute approximate surface area is 196 Å². The SMILES string of the molecule is CCCc1ccc(-c2ccc(C3CCC(OCC4C=CC(CCC)CC4)CC3)cc2)cc1. The quantitative estimate of drug-likeness (QED) is 0.361. The van der Waals surface area contributed by atoms with Crippen LogP contribution in [0.15, 0.2) is 60.7 Å². The fourth-order valence-electron chi connectivity index (χ4n) is 5.61. The molecule has 0 aromatic heterocycles. The highest BCUT2D eigenvalue weighted by molar-refractivity contribution is 5.64. The number of ether oxygens (including phenoxy) is 1. The highest BCUT2D eigenvalue weighted by atomic mass is 16.5. The minimum Gasteiger partial charge on any atom is -0.378 e. The summed E-state index contributed by atoms with van der Waals surface area (Å²) < 4.78 is 6.35. The van der Waals surface area contributed by atoms with Crippen LogP contribution in [0.5, 0.6) is 0 Å². The molecular weight excluding hydrogens is 388 g/mol. The Bertz CT molecular complexity index is 824. The smallest absolute Gasteiger partial charge is 0.0575 e. The van der Waals surface area contributed by atoms with Crippen molar-refractivity contribution in [1.82, 2.24) is 0 Å². The van der Waals surface area contributed by atoms with Crippen LogP contribution in [-0.2, 0) is 11.2 Å². The summed E-state index contributed by atoms with van der Waals surface area (Å²) in [5, 5.41) is 0. The molecule has 1 heteroatoms. The summed E-state index contributed by atoms with van der Waals surface area (Å²) in [7, 11) is 0. The summed E-state index contributed by atoms with van der Waals surface area (Å²) in [6.07, 6.45) is 18.0. The molecule has 2 aliphatic rings. The number of rotatable bonds is 9. The van der Waals surface area contributed by atoms with Crippen LogP contribution in [0.3, 0.4) is 0 Å². The van der Waals surface area contributed by atoms with Crippen LogP contribution in [0, 0.1) is 11.8 Å². The lowest BCUT2D eigenvalue weighted by atomic mass is 9.82. The zero-order valence-corrected chi connectivity index (χ0v) is 20.3. The molecule has 1 saturated carbocycles. The summed E-state index contributed by atoms with van der Waals surface area (Å²) in [6.45, 7) is 5.46. The molecule has 2 aromatic rings. The maximum Gasteiger partial charge on any atom is 0.0575 e. The van der Waals surface area contributed by atoms with E-state index in [9.17, 15) is 0 Å². The first-order valence-corrected chi connectivity index (χ1v) is 13.2. The van der Waals surface area contributed by atoms with Gasteiger partial charge in [-0.2, -0.15) is 0 Å². The monoisotopic (exact) mass is 430 g/mol. The van der Waals surface area contributed by atoms with E-state index in [0.717, 1.165) is 12.5 Å². The van der Waals surface area contributed by atoms with Gasteiger partial charge in [0.25, 0.3) is 0 Å². The lowest BCUT2D eigenvalue weighted by molar-refractivity contribution is 0.00925. The Kier molecular flexibility index (Phi) is 8.62. The standard InChI is InChI=1S/C31H42O/c1-3-5-24-7-9-26(10-8-24)23-32-31-21-19-30(20-22-31)29-17-15-28(16-18-29)27-13-11-25(6-4-2)12-14-27/h7,9,11-18,24,26,30-31H,3-6,8,10,19-23H2,1-2H3. The molecule has 0 N–H and O–H groups in total. The molecule has 0 heterocycles. The fourth-order valence-corrected chi connectivity index (χ4v) is 5.61. The maximum atomic E-state index is 6.35. The van der Waals surface area contributed by atoms with Gasteiger partial charge in [0.15, 0.2) is 0 Å². The third-order valence-electron chi connectivity index (χ3n) is 7.65. The van der Waals surface area contributed by atoms with E-state index in [4.69, 9.17) is 4.74 Å². The second kappa shape index (κ2) is 11.8. The molecule has 0 spiro atoms. The van der Waals surface area contributed by atoms with Crippen LogP contribution in [0.1, 0.15) is 88.7 Å². The van der Waals surface area contributed by atoms with Crippen LogP contribution in [-0.4, -0.2) is 12.7 Å². The van der Waals surface area contributed by atoms with Crippen molar-refractivity contribution in [3.63, 3.8) is 0 Å². The second-order valence-corrected chi connectivity index (χ2v) is 10.1. The van der Waals surface area contributed by atoms with Crippen LogP contribution < -0.4 is 0 Å². The highest BCUT2D eigenvalue weighted by Gasteiger charge is 2.24. The first-order chi connectivity index (χ1) is 15.7. The Hall–Kier alpha value is -1.86. The molecule has 4 rings (SSSR count). The Balaban J connectivity index is 1.22. The van der Waals surface area contributed by atoms with Gasteiger partial charge < -0.3 is 4.74 Å². The van der Waals surface area contributed by atoms with Crippen molar-refractivity contribution < 1.29 is 4.74 Å². The van der Waals surface area contributed by atoms with Crippen molar-refractivity contribution in [2.75, 3.05) is 6.61 Å². The Morgan fingerprint density at radius 2 is 1.31 bits per heavy atom. The number of hydrogen-bond acceptors (Lipinski definition) is 1. The Morgan fingerprint density at radius 3 is 1.91 bits per heavy atom. The van der Waals surface area contributed by atoms with E-state index in [-0.39, 0.29) is 0 Å². The van der Waals surface area contributed by atoms with E-state index in [0.29, 0.717) is 17.9 Å². The van der Waals surface area contributed by atoms with E-state index in [1.54, 1.807) is 0 Å². The maximum absolute atomic E-state index is 6.35. The van der Waals surface area contributed by atoms with Gasteiger partial charge in [-0.05, 0) is 85.5 Å². The van der Waals surface area contributed by atoms with E-state index >= 15 is 0 Å². The molecule has 2 aliphatic carbocycles.